The maximum absolute atomic E-state index is 10.8. The van der Waals surface area contributed by atoms with Gasteiger partial charge >= 0.3 is 0 Å². The molecule has 0 aliphatic heterocycles. The molecule has 0 heterocycles. The summed E-state index contributed by atoms with van der Waals surface area (Å²) in [5, 5.41) is 15.2. The highest BCUT2D eigenvalue weighted by molar-refractivity contribution is 5.88. The van der Waals surface area contributed by atoms with Crippen molar-refractivity contribution in [2.24, 2.45) is 16.9 Å². The van der Waals surface area contributed by atoms with Crippen LogP contribution in [0, 0.1) is 11.8 Å². The minimum atomic E-state index is -1.18. The first-order chi connectivity index (χ1) is 9.38. The van der Waals surface area contributed by atoms with E-state index in [1.807, 2.05) is 0 Å². The number of carboxylic acids is 1. The molecule has 0 saturated heterocycles. The summed E-state index contributed by atoms with van der Waals surface area (Å²) in [7, 11) is 0. The topological polar surface area (TPSA) is 64.5 Å². The molecule has 1 N–H and O–H groups in total. The number of benzene rings is 1. The van der Waals surface area contributed by atoms with Crippen LogP contribution in [-0.2, 0) is 0 Å². The van der Waals surface area contributed by atoms with E-state index >= 15 is 0 Å². The number of nitrogens with zero attached hydrogens (tertiary/aromatic N) is 1. The van der Waals surface area contributed by atoms with Crippen molar-refractivity contribution in [1.29, 1.82) is 0 Å². The Hall–Kier alpha value is -1.84. The number of aromatic carboxylic acids is 1. The summed E-state index contributed by atoms with van der Waals surface area (Å²) in [5.41, 5.74) is 4.87. The Labute approximate surface area is 120 Å². The molecule has 0 atom stereocenters. The third kappa shape index (κ3) is 5.87. The number of carboxylic acid groups (broad SMARTS) is 1. The molecule has 110 valence electrons. The fraction of sp³-hybridized carbons (Fsp3) is 0.500. The minimum absolute atomic E-state index is 0.152. The Bertz CT molecular complexity index is 467. The summed E-state index contributed by atoms with van der Waals surface area (Å²) in [6.07, 6.45) is 1.87. The standard InChI is InChI=1S/C16H24N2O2/c1-11(2)8-15(9-12(3)4)18-17-14-7-5-6-13(10-14)16(19)20/h5-7,10-12,17H,8-9H2,1-4H3,(H,19,20)/p-1. The maximum atomic E-state index is 10.8. The molecule has 0 aromatic heterocycles. The lowest BCUT2D eigenvalue weighted by atomic mass is 9.99. The zero-order valence-electron chi connectivity index (χ0n) is 12.6. The average Bonchev–Trinajstić information content (AvgIpc) is 2.35. The van der Waals surface area contributed by atoms with Gasteiger partial charge in [0, 0.05) is 5.71 Å². The third-order valence-electron chi connectivity index (χ3n) is 2.73. The summed E-state index contributed by atoms with van der Waals surface area (Å²) in [6, 6.07) is 6.50. The van der Waals surface area contributed by atoms with E-state index < -0.39 is 5.97 Å². The van der Waals surface area contributed by atoms with Gasteiger partial charge in [0.05, 0.1) is 11.7 Å². The Morgan fingerprint density at radius 3 is 2.30 bits per heavy atom. The summed E-state index contributed by atoms with van der Waals surface area (Å²) in [5.74, 6) is -0.0880. The Balaban J connectivity index is 2.80. The van der Waals surface area contributed by atoms with E-state index in [-0.39, 0.29) is 5.56 Å². The number of rotatable bonds is 7. The SMILES string of the molecule is CC(C)CC(CC(C)C)=NNc1cccc(C(=O)[O-])c1. The van der Waals surface area contributed by atoms with Crippen molar-refractivity contribution in [3.63, 3.8) is 0 Å². The van der Waals surface area contributed by atoms with Gasteiger partial charge in [0.15, 0.2) is 0 Å². The van der Waals surface area contributed by atoms with Crippen molar-refractivity contribution in [2.75, 3.05) is 5.43 Å². The normalized spacial score (nSPS) is 10.7. The molecule has 0 aliphatic rings. The lowest BCUT2D eigenvalue weighted by Crippen LogP contribution is -2.22. The molecule has 4 heteroatoms. The Kier molecular flexibility index (Phi) is 6.22. The molecular weight excluding hydrogens is 252 g/mol. The van der Waals surface area contributed by atoms with E-state index in [1.165, 1.54) is 12.1 Å². The van der Waals surface area contributed by atoms with E-state index in [2.05, 4.69) is 38.2 Å². The van der Waals surface area contributed by atoms with Crippen LogP contribution in [0.5, 0.6) is 0 Å². The fourth-order valence-corrected chi connectivity index (χ4v) is 1.98. The lowest BCUT2D eigenvalue weighted by Gasteiger charge is -2.12. The average molecular weight is 275 g/mol. The van der Waals surface area contributed by atoms with Gasteiger partial charge in [-0.25, -0.2) is 0 Å². The fourth-order valence-electron chi connectivity index (χ4n) is 1.98. The van der Waals surface area contributed by atoms with Crippen molar-refractivity contribution in [3.8, 4) is 0 Å². The van der Waals surface area contributed by atoms with Crippen molar-refractivity contribution in [3.05, 3.63) is 29.8 Å². The summed E-state index contributed by atoms with van der Waals surface area (Å²) in [6.45, 7) is 8.64. The van der Waals surface area contributed by atoms with Crippen LogP contribution < -0.4 is 10.5 Å². The van der Waals surface area contributed by atoms with E-state index in [0.717, 1.165) is 18.6 Å². The first kappa shape index (κ1) is 16.2. The first-order valence-electron chi connectivity index (χ1n) is 7.01. The van der Waals surface area contributed by atoms with E-state index in [9.17, 15) is 9.90 Å². The van der Waals surface area contributed by atoms with Gasteiger partial charge in [0.1, 0.15) is 0 Å². The number of hydrogen-bond acceptors (Lipinski definition) is 4. The monoisotopic (exact) mass is 275 g/mol. The molecule has 0 amide bonds. The van der Waals surface area contributed by atoms with Crippen molar-refractivity contribution in [2.45, 2.75) is 40.5 Å². The Morgan fingerprint density at radius 2 is 1.80 bits per heavy atom. The molecule has 0 radical (unpaired) electrons. The zero-order valence-corrected chi connectivity index (χ0v) is 12.6. The lowest BCUT2D eigenvalue weighted by molar-refractivity contribution is -0.255. The highest BCUT2D eigenvalue weighted by Gasteiger charge is 2.06. The van der Waals surface area contributed by atoms with Gasteiger partial charge in [-0.15, -0.1) is 0 Å². The van der Waals surface area contributed by atoms with Gasteiger partial charge in [-0.2, -0.15) is 5.10 Å². The van der Waals surface area contributed by atoms with Crippen LogP contribution in [0.15, 0.2) is 29.4 Å². The summed E-state index contributed by atoms with van der Waals surface area (Å²) >= 11 is 0. The molecule has 4 nitrogen and oxygen atoms in total. The molecule has 0 bridgehead atoms. The molecule has 0 saturated carbocycles. The molecule has 1 rings (SSSR count). The quantitative estimate of drug-likeness (QED) is 0.614. The van der Waals surface area contributed by atoms with E-state index in [1.54, 1.807) is 12.1 Å². The van der Waals surface area contributed by atoms with Crippen molar-refractivity contribution >= 4 is 17.4 Å². The van der Waals surface area contributed by atoms with Crippen LogP contribution in [0.3, 0.4) is 0 Å². The molecule has 1 aromatic rings. The predicted octanol–water partition coefficient (Wildman–Crippen LogP) is 2.91. The highest BCUT2D eigenvalue weighted by Crippen LogP contribution is 2.13. The molecular formula is C16H23N2O2-. The number of carbonyl (C=O) groups excluding carboxylic acids is 1. The molecule has 0 unspecified atom stereocenters. The molecule has 0 aliphatic carbocycles. The van der Waals surface area contributed by atoms with Crippen LogP contribution >= 0.6 is 0 Å². The summed E-state index contributed by atoms with van der Waals surface area (Å²) in [4.78, 5) is 10.8. The van der Waals surface area contributed by atoms with Crippen LogP contribution in [0.25, 0.3) is 0 Å². The van der Waals surface area contributed by atoms with Gasteiger partial charge in [-0.3, -0.25) is 5.43 Å². The van der Waals surface area contributed by atoms with Gasteiger partial charge in [0.25, 0.3) is 0 Å². The largest absolute Gasteiger partial charge is 0.545 e. The van der Waals surface area contributed by atoms with Crippen LogP contribution in [0.4, 0.5) is 5.69 Å². The zero-order chi connectivity index (χ0) is 15.1. The number of carbonyl (C=O) groups is 1. The van der Waals surface area contributed by atoms with Crippen LogP contribution in [0.2, 0.25) is 0 Å². The second-order valence-electron chi connectivity index (χ2n) is 5.85. The number of hydrazone groups is 1. The Morgan fingerprint density at radius 1 is 1.20 bits per heavy atom. The maximum Gasteiger partial charge on any atom is 0.0716 e. The molecule has 20 heavy (non-hydrogen) atoms. The molecule has 0 fully saturated rings. The van der Waals surface area contributed by atoms with Crippen LogP contribution in [-0.4, -0.2) is 11.7 Å². The van der Waals surface area contributed by atoms with Crippen molar-refractivity contribution in [1.82, 2.24) is 0 Å². The predicted molar refractivity (Wildman–Crippen MR) is 80.7 cm³/mol. The minimum Gasteiger partial charge on any atom is -0.545 e. The first-order valence-corrected chi connectivity index (χ1v) is 7.01. The van der Waals surface area contributed by atoms with Gasteiger partial charge in [-0.1, -0.05) is 39.8 Å². The van der Waals surface area contributed by atoms with E-state index in [0.29, 0.717) is 17.5 Å². The van der Waals surface area contributed by atoms with Gasteiger partial charge in [0.2, 0.25) is 0 Å². The van der Waals surface area contributed by atoms with Gasteiger partial charge in [-0.05, 0) is 42.4 Å². The van der Waals surface area contributed by atoms with Crippen molar-refractivity contribution < 1.29 is 9.90 Å². The van der Waals surface area contributed by atoms with E-state index in [4.69, 9.17) is 0 Å². The molecule has 0 spiro atoms. The number of hydrogen-bond donors (Lipinski definition) is 1. The molecule has 1 aromatic carbocycles. The number of nitrogens with one attached hydrogen (secondary N) is 1. The second kappa shape index (κ2) is 7.68. The summed E-state index contributed by atoms with van der Waals surface area (Å²) < 4.78 is 0. The highest BCUT2D eigenvalue weighted by atomic mass is 16.4. The van der Waals surface area contributed by atoms with Crippen LogP contribution in [0.1, 0.15) is 50.9 Å². The third-order valence-corrected chi connectivity index (χ3v) is 2.73. The number of anilines is 1. The smallest absolute Gasteiger partial charge is 0.0716 e. The second-order valence-corrected chi connectivity index (χ2v) is 5.85. The van der Waals surface area contributed by atoms with Gasteiger partial charge < -0.3 is 9.90 Å².